The summed E-state index contributed by atoms with van der Waals surface area (Å²) in [5, 5.41) is 3.26. The second-order valence-electron chi connectivity index (χ2n) is 3.08. The van der Waals surface area contributed by atoms with Crippen LogP contribution in [0.1, 0.15) is 12.7 Å². The molecule has 0 aliphatic carbocycles. The molecule has 3 heteroatoms. The SMILES string of the molecule is CCNc1ccc2nc(C)[nH]c2c1. The van der Waals surface area contributed by atoms with Gasteiger partial charge in [0.25, 0.3) is 0 Å². The fraction of sp³-hybridized carbons (Fsp3) is 0.300. The molecule has 0 bridgehead atoms. The van der Waals surface area contributed by atoms with Gasteiger partial charge in [-0.25, -0.2) is 4.98 Å². The third kappa shape index (κ3) is 1.49. The Bertz CT molecular complexity index is 417. The number of imidazole rings is 1. The van der Waals surface area contributed by atoms with Crippen LogP contribution in [-0.4, -0.2) is 16.5 Å². The number of fused-ring (bicyclic) bond motifs is 1. The number of aromatic amines is 1. The molecule has 2 N–H and O–H groups in total. The van der Waals surface area contributed by atoms with Gasteiger partial charge in [0.15, 0.2) is 0 Å². The summed E-state index contributed by atoms with van der Waals surface area (Å²) < 4.78 is 0. The fourth-order valence-electron chi connectivity index (χ4n) is 1.45. The normalized spacial score (nSPS) is 10.6. The number of nitrogens with one attached hydrogen (secondary N) is 2. The van der Waals surface area contributed by atoms with E-state index in [4.69, 9.17) is 0 Å². The molecular formula is C10H13N3. The zero-order valence-corrected chi connectivity index (χ0v) is 7.89. The Labute approximate surface area is 77.2 Å². The fourth-order valence-corrected chi connectivity index (χ4v) is 1.45. The van der Waals surface area contributed by atoms with E-state index < -0.39 is 0 Å². The van der Waals surface area contributed by atoms with Crippen LogP contribution in [0.15, 0.2) is 18.2 Å². The monoisotopic (exact) mass is 175 g/mol. The number of hydrogen-bond donors (Lipinski definition) is 2. The maximum absolute atomic E-state index is 4.33. The molecule has 2 rings (SSSR count). The van der Waals surface area contributed by atoms with Crippen molar-refractivity contribution in [3.63, 3.8) is 0 Å². The van der Waals surface area contributed by atoms with Crippen LogP contribution in [0.2, 0.25) is 0 Å². The number of nitrogens with zero attached hydrogens (tertiary/aromatic N) is 1. The molecule has 0 aliphatic rings. The van der Waals surface area contributed by atoms with Crippen LogP contribution < -0.4 is 5.32 Å². The Balaban J connectivity index is 2.48. The number of benzene rings is 1. The van der Waals surface area contributed by atoms with Crippen molar-refractivity contribution in [1.29, 1.82) is 0 Å². The van der Waals surface area contributed by atoms with Crippen molar-refractivity contribution in [1.82, 2.24) is 9.97 Å². The summed E-state index contributed by atoms with van der Waals surface area (Å²) in [4.78, 5) is 7.54. The second-order valence-corrected chi connectivity index (χ2v) is 3.08. The van der Waals surface area contributed by atoms with Crippen molar-refractivity contribution in [2.24, 2.45) is 0 Å². The van der Waals surface area contributed by atoms with Gasteiger partial charge in [-0.2, -0.15) is 0 Å². The lowest BCUT2D eigenvalue weighted by Gasteiger charge is -2.01. The van der Waals surface area contributed by atoms with Crippen molar-refractivity contribution in [3.05, 3.63) is 24.0 Å². The van der Waals surface area contributed by atoms with Gasteiger partial charge in [-0.3, -0.25) is 0 Å². The summed E-state index contributed by atoms with van der Waals surface area (Å²) in [5.41, 5.74) is 3.26. The van der Waals surface area contributed by atoms with E-state index in [9.17, 15) is 0 Å². The molecule has 0 spiro atoms. The molecule has 1 aromatic heterocycles. The van der Waals surface area contributed by atoms with E-state index in [0.29, 0.717) is 0 Å². The van der Waals surface area contributed by atoms with Gasteiger partial charge in [0, 0.05) is 12.2 Å². The molecule has 0 aliphatic heterocycles. The topological polar surface area (TPSA) is 40.7 Å². The van der Waals surface area contributed by atoms with Gasteiger partial charge in [-0.05, 0) is 32.0 Å². The molecule has 13 heavy (non-hydrogen) atoms. The highest BCUT2D eigenvalue weighted by Crippen LogP contribution is 2.16. The largest absolute Gasteiger partial charge is 0.385 e. The molecule has 1 heterocycles. The minimum Gasteiger partial charge on any atom is -0.385 e. The molecule has 0 amide bonds. The van der Waals surface area contributed by atoms with Gasteiger partial charge in [0.2, 0.25) is 0 Å². The molecule has 0 saturated carbocycles. The molecule has 0 fully saturated rings. The van der Waals surface area contributed by atoms with Crippen LogP contribution >= 0.6 is 0 Å². The highest BCUT2D eigenvalue weighted by molar-refractivity contribution is 5.79. The van der Waals surface area contributed by atoms with E-state index in [1.54, 1.807) is 0 Å². The molecule has 3 nitrogen and oxygen atoms in total. The first-order valence-corrected chi connectivity index (χ1v) is 4.50. The van der Waals surface area contributed by atoms with Crippen LogP contribution in [-0.2, 0) is 0 Å². The first-order chi connectivity index (χ1) is 6.29. The van der Waals surface area contributed by atoms with Crippen molar-refractivity contribution < 1.29 is 0 Å². The highest BCUT2D eigenvalue weighted by atomic mass is 14.9. The number of aryl methyl sites for hydroxylation is 1. The number of anilines is 1. The highest BCUT2D eigenvalue weighted by Gasteiger charge is 1.99. The van der Waals surface area contributed by atoms with E-state index in [0.717, 1.165) is 29.1 Å². The summed E-state index contributed by atoms with van der Waals surface area (Å²) in [5.74, 6) is 0.962. The molecular weight excluding hydrogens is 162 g/mol. The van der Waals surface area contributed by atoms with Crippen molar-refractivity contribution in [3.8, 4) is 0 Å². The third-order valence-electron chi connectivity index (χ3n) is 1.98. The number of rotatable bonds is 2. The first kappa shape index (κ1) is 8.10. The molecule has 2 aromatic rings. The average Bonchev–Trinajstić information content (AvgIpc) is 2.44. The zero-order valence-electron chi connectivity index (χ0n) is 7.89. The average molecular weight is 175 g/mol. The van der Waals surface area contributed by atoms with Crippen LogP contribution in [0.4, 0.5) is 5.69 Å². The van der Waals surface area contributed by atoms with E-state index in [2.05, 4.69) is 28.3 Å². The molecule has 0 unspecified atom stereocenters. The predicted octanol–water partition coefficient (Wildman–Crippen LogP) is 2.30. The minimum absolute atomic E-state index is 0.943. The van der Waals surface area contributed by atoms with Gasteiger partial charge in [-0.1, -0.05) is 0 Å². The van der Waals surface area contributed by atoms with Gasteiger partial charge in [0.05, 0.1) is 11.0 Å². The Morgan fingerprint density at radius 2 is 2.31 bits per heavy atom. The summed E-state index contributed by atoms with van der Waals surface area (Å²) in [7, 11) is 0. The summed E-state index contributed by atoms with van der Waals surface area (Å²) in [6, 6.07) is 6.15. The third-order valence-corrected chi connectivity index (χ3v) is 1.98. The van der Waals surface area contributed by atoms with E-state index >= 15 is 0 Å². The Hall–Kier alpha value is -1.51. The maximum Gasteiger partial charge on any atom is 0.104 e. The zero-order chi connectivity index (χ0) is 9.26. The van der Waals surface area contributed by atoms with E-state index in [1.165, 1.54) is 0 Å². The first-order valence-electron chi connectivity index (χ1n) is 4.50. The molecule has 1 aromatic carbocycles. The summed E-state index contributed by atoms with van der Waals surface area (Å²) in [6.07, 6.45) is 0. The van der Waals surface area contributed by atoms with Crippen LogP contribution in [0, 0.1) is 6.92 Å². The quantitative estimate of drug-likeness (QED) is 0.735. The smallest absolute Gasteiger partial charge is 0.104 e. The molecule has 68 valence electrons. The van der Waals surface area contributed by atoms with Gasteiger partial charge in [-0.15, -0.1) is 0 Å². The molecule has 0 saturated heterocycles. The number of hydrogen-bond acceptors (Lipinski definition) is 2. The van der Waals surface area contributed by atoms with Gasteiger partial charge < -0.3 is 10.3 Å². The minimum atomic E-state index is 0.943. The maximum atomic E-state index is 4.33. The van der Waals surface area contributed by atoms with Crippen molar-refractivity contribution >= 4 is 16.7 Å². The lowest BCUT2D eigenvalue weighted by Crippen LogP contribution is -1.95. The Morgan fingerprint density at radius 3 is 3.08 bits per heavy atom. The van der Waals surface area contributed by atoms with Crippen molar-refractivity contribution in [2.75, 3.05) is 11.9 Å². The van der Waals surface area contributed by atoms with E-state index in [-0.39, 0.29) is 0 Å². The summed E-state index contributed by atoms with van der Waals surface area (Å²) in [6.45, 7) is 4.99. The number of aromatic nitrogens is 2. The Morgan fingerprint density at radius 1 is 1.46 bits per heavy atom. The lowest BCUT2D eigenvalue weighted by atomic mass is 10.3. The van der Waals surface area contributed by atoms with Crippen LogP contribution in [0.3, 0.4) is 0 Å². The second kappa shape index (κ2) is 3.09. The molecule has 0 atom stereocenters. The van der Waals surface area contributed by atoms with Gasteiger partial charge >= 0.3 is 0 Å². The van der Waals surface area contributed by atoms with Gasteiger partial charge in [0.1, 0.15) is 5.82 Å². The van der Waals surface area contributed by atoms with Crippen LogP contribution in [0.25, 0.3) is 11.0 Å². The predicted molar refractivity (Wildman–Crippen MR) is 55.0 cm³/mol. The van der Waals surface area contributed by atoms with E-state index in [1.807, 2.05) is 19.1 Å². The molecule has 0 radical (unpaired) electrons. The lowest BCUT2D eigenvalue weighted by molar-refractivity contribution is 1.17. The standard InChI is InChI=1S/C10H13N3/c1-3-11-8-4-5-9-10(6-8)13-7(2)12-9/h4-6,11H,3H2,1-2H3,(H,12,13). The Kier molecular flexibility index (Phi) is 1.93. The van der Waals surface area contributed by atoms with Crippen molar-refractivity contribution in [2.45, 2.75) is 13.8 Å². The number of H-pyrrole nitrogens is 1. The van der Waals surface area contributed by atoms with Crippen LogP contribution in [0.5, 0.6) is 0 Å². The summed E-state index contributed by atoms with van der Waals surface area (Å²) >= 11 is 0.